The molecule has 0 saturated carbocycles. The highest BCUT2D eigenvalue weighted by atomic mass is 32.1. The third kappa shape index (κ3) is 1.72. The van der Waals surface area contributed by atoms with Crippen molar-refractivity contribution in [3.8, 4) is 0 Å². The molecule has 2 unspecified atom stereocenters. The highest BCUT2D eigenvalue weighted by Gasteiger charge is 2.38. The lowest BCUT2D eigenvalue weighted by Crippen LogP contribution is -2.55. The summed E-state index contributed by atoms with van der Waals surface area (Å²) in [5, 5.41) is 1.11. The van der Waals surface area contributed by atoms with Crippen molar-refractivity contribution in [1.82, 2.24) is 9.36 Å². The first-order chi connectivity index (χ1) is 7.74. The Morgan fingerprint density at radius 2 is 2.00 bits per heavy atom. The summed E-state index contributed by atoms with van der Waals surface area (Å²) < 4.78 is 4.30. The first-order valence-electron chi connectivity index (χ1n) is 6.08. The molecule has 1 aromatic rings. The molecule has 3 heterocycles. The molecule has 2 aliphatic heterocycles. The second kappa shape index (κ2) is 3.96. The Labute approximate surface area is 100 Å². The van der Waals surface area contributed by atoms with Crippen molar-refractivity contribution in [2.75, 3.05) is 4.90 Å². The lowest BCUT2D eigenvalue weighted by Gasteiger charge is -2.48. The van der Waals surface area contributed by atoms with Crippen LogP contribution in [-0.2, 0) is 0 Å². The van der Waals surface area contributed by atoms with Gasteiger partial charge in [-0.05, 0) is 39.0 Å². The van der Waals surface area contributed by atoms with Crippen LogP contribution >= 0.6 is 11.5 Å². The predicted molar refractivity (Wildman–Crippen MR) is 65.8 cm³/mol. The van der Waals surface area contributed by atoms with Gasteiger partial charge in [0, 0.05) is 29.7 Å². The van der Waals surface area contributed by atoms with Gasteiger partial charge in [-0.2, -0.15) is 4.37 Å². The highest BCUT2D eigenvalue weighted by molar-refractivity contribution is 7.09. The van der Waals surface area contributed by atoms with Crippen molar-refractivity contribution in [3.05, 3.63) is 5.82 Å². The fourth-order valence-electron chi connectivity index (χ4n) is 3.13. The molecule has 2 bridgehead atoms. The zero-order chi connectivity index (χ0) is 11.1. The minimum absolute atomic E-state index is 0.389. The molecule has 2 N–H and O–H groups in total. The predicted octanol–water partition coefficient (Wildman–Crippen LogP) is 1.70. The summed E-state index contributed by atoms with van der Waals surface area (Å²) >= 11 is 1.54. The van der Waals surface area contributed by atoms with Crippen molar-refractivity contribution in [3.63, 3.8) is 0 Å². The average molecular weight is 238 g/mol. The Bertz CT molecular complexity index is 364. The molecular formula is C11H18N4S. The maximum Gasteiger partial charge on any atom is 0.205 e. The van der Waals surface area contributed by atoms with Gasteiger partial charge in [-0.1, -0.05) is 0 Å². The minimum atomic E-state index is 0.389. The molecule has 0 amide bonds. The van der Waals surface area contributed by atoms with E-state index in [0.717, 1.165) is 23.8 Å². The molecule has 2 aliphatic rings. The van der Waals surface area contributed by atoms with E-state index < -0.39 is 0 Å². The van der Waals surface area contributed by atoms with Crippen molar-refractivity contribution in [2.24, 2.45) is 5.73 Å². The van der Waals surface area contributed by atoms with Crippen LogP contribution in [0.4, 0.5) is 5.13 Å². The molecule has 0 aliphatic carbocycles. The number of piperidine rings is 2. The van der Waals surface area contributed by atoms with E-state index in [1.54, 1.807) is 0 Å². The van der Waals surface area contributed by atoms with E-state index in [4.69, 9.17) is 5.73 Å². The van der Waals surface area contributed by atoms with Gasteiger partial charge in [-0.25, -0.2) is 4.98 Å². The fraction of sp³-hybridized carbons (Fsp3) is 0.818. The van der Waals surface area contributed by atoms with Crippen LogP contribution in [0, 0.1) is 6.92 Å². The van der Waals surface area contributed by atoms with Crippen LogP contribution in [0.2, 0.25) is 0 Å². The number of rotatable bonds is 1. The Balaban J connectivity index is 1.89. The zero-order valence-electron chi connectivity index (χ0n) is 9.59. The molecule has 16 heavy (non-hydrogen) atoms. The average Bonchev–Trinajstić information content (AvgIpc) is 2.63. The van der Waals surface area contributed by atoms with E-state index in [2.05, 4.69) is 14.3 Å². The summed E-state index contributed by atoms with van der Waals surface area (Å²) in [6.07, 6.45) is 6.12. The lowest BCUT2D eigenvalue weighted by atomic mass is 9.82. The molecular weight excluding hydrogens is 220 g/mol. The van der Waals surface area contributed by atoms with Crippen LogP contribution in [0.25, 0.3) is 0 Å². The number of hydrogen-bond donors (Lipinski definition) is 1. The Morgan fingerprint density at radius 3 is 2.56 bits per heavy atom. The van der Waals surface area contributed by atoms with Gasteiger partial charge in [-0.3, -0.25) is 0 Å². The molecule has 2 saturated heterocycles. The number of nitrogens with zero attached hydrogens (tertiary/aromatic N) is 3. The molecule has 0 aromatic carbocycles. The number of nitrogens with two attached hydrogens (primary N) is 1. The van der Waals surface area contributed by atoms with Crippen LogP contribution in [0.1, 0.15) is 37.9 Å². The number of fused-ring (bicyclic) bond motifs is 2. The second-order valence-electron chi connectivity index (χ2n) is 5.00. The number of aromatic nitrogens is 2. The molecule has 2 fully saturated rings. The normalized spacial score (nSPS) is 34.1. The molecule has 1 aromatic heterocycles. The highest BCUT2D eigenvalue weighted by Crippen LogP contribution is 2.37. The standard InChI is InChI=1S/C11H18N4S/c1-7-13-11(16-14-7)15-9-3-2-4-10(15)6-8(12)5-9/h8-10H,2-6,12H2,1H3. The fourth-order valence-corrected chi connectivity index (χ4v) is 3.95. The smallest absolute Gasteiger partial charge is 0.205 e. The third-order valence-electron chi connectivity index (χ3n) is 3.75. The first-order valence-corrected chi connectivity index (χ1v) is 6.85. The summed E-state index contributed by atoms with van der Waals surface area (Å²) in [5.41, 5.74) is 6.11. The molecule has 3 rings (SSSR count). The van der Waals surface area contributed by atoms with E-state index in [9.17, 15) is 0 Å². The SMILES string of the molecule is Cc1nsc(N2C3CCCC2CC(N)C3)n1. The van der Waals surface area contributed by atoms with Gasteiger partial charge in [0.25, 0.3) is 0 Å². The van der Waals surface area contributed by atoms with Gasteiger partial charge in [0.15, 0.2) is 0 Å². The van der Waals surface area contributed by atoms with Crippen LogP contribution in [0.15, 0.2) is 0 Å². The Hall–Kier alpha value is -0.680. The van der Waals surface area contributed by atoms with Crippen LogP contribution in [-0.4, -0.2) is 27.5 Å². The molecule has 4 nitrogen and oxygen atoms in total. The summed E-state index contributed by atoms with van der Waals surface area (Å²) in [7, 11) is 0. The van der Waals surface area contributed by atoms with Crippen LogP contribution < -0.4 is 10.6 Å². The van der Waals surface area contributed by atoms with E-state index in [1.807, 2.05) is 6.92 Å². The van der Waals surface area contributed by atoms with Crippen molar-refractivity contribution < 1.29 is 0 Å². The quantitative estimate of drug-likeness (QED) is 0.809. The summed E-state index contributed by atoms with van der Waals surface area (Å²) in [5.74, 6) is 0.896. The van der Waals surface area contributed by atoms with Gasteiger partial charge in [0.2, 0.25) is 5.13 Å². The molecule has 0 radical (unpaired) electrons. The Kier molecular flexibility index (Phi) is 2.59. The number of aryl methyl sites for hydroxylation is 1. The first kappa shape index (κ1) is 10.5. The van der Waals surface area contributed by atoms with Crippen LogP contribution in [0.5, 0.6) is 0 Å². The van der Waals surface area contributed by atoms with Crippen molar-refractivity contribution in [2.45, 2.75) is 57.2 Å². The third-order valence-corrected chi connectivity index (χ3v) is 4.57. The van der Waals surface area contributed by atoms with E-state index >= 15 is 0 Å². The largest absolute Gasteiger partial charge is 0.341 e. The van der Waals surface area contributed by atoms with E-state index in [0.29, 0.717) is 18.1 Å². The minimum Gasteiger partial charge on any atom is -0.341 e. The van der Waals surface area contributed by atoms with Gasteiger partial charge in [-0.15, -0.1) is 0 Å². The maximum absolute atomic E-state index is 6.11. The Morgan fingerprint density at radius 1 is 1.31 bits per heavy atom. The summed E-state index contributed by atoms with van der Waals surface area (Å²) in [4.78, 5) is 7.03. The van der Waals surface area contributed by atoms with E-state index in [-0.39, 0.29) is 0 Å². The van der Waals surface area contributed by atoms with Crippen molar-refractivity contribution in [1.29, 1.82) is 0 Å². The number of hydrogen-bond acceptors (Lipinski definition) is 5. The maximum atomic E-state index is 6.11. The van der Waals surface area contributed by atoms with E-state index in [1.165, 1.54) is 30.8 Å². The zero-order valence-corrected chi connectivity index (χ0v) is 10.4. The van der Waals surface area contributed by atoms with Crippen molar-refractivity contribution >= 4 is 16.7 Å². The van der Waals surface area contributed by atoms with Gasteiger partial charge < -0.3 is 10.6 Å². The molecule has 5 heteroatoms. The monoisotopic (exact) mass is 238 g/mol. The summed E-state index contributed by atoms with van der Waals surface area (Å²) in [6.45, 7) is 1.96. The molecule has 2 atom stereocenters. The van der Waals surface area contributed by atoms with Crippen LogP contribution in [0.3, 0.4) is 0 Å². The van der Waals surface area contributed by atoms with Gasteiger partial charge in [0.1, 0.15) is 5.82 Å². The molecule has 0 spiro atoms. The summed E-state index contributed by atoms with van der Waals surface area (Å²) in [6, 6.07) is 1.60. The topological polar surface area (TPSA) is 55.0 Å². The van der Waals surface area contributed by atoms with Gasteiger partial charge >= 0.3 is 0 Å². The lowest BCUT2D eigenvalue weighted by molar-refractivity contribution is 0.271. The molecule has 88 valence electrons. The van der Waals surface area contributed by atoms with Gasteiger partial charge in [0.05, 0.1) is 0 Å². The second-order valence-corrected chi connectivity index (χ2v) is 5.73. The number of anilines is 1.